The molecule has 3 aromatic rings. The number of aromatic nitrogens is 2. The summed E-state index contributed by atoms with van der Waals surface area (Å²) in [4.78, 5) is 20.3. The third-order valence-electron chi connectivity index (χ3n) is 4.79. The Balaban J connectivity index is 1.97. The van der Waals surface area contributed by atoms with E-state index in [9.17, 15) is 22.0 Å². The molecule has 0 unspecified atom stereocenters. The predicted octanol–water partition coefficient (Wildman–Crippen LogP) is 4.11. The molecule has 3 rings (SSSR count). The number of sulfonamides is 1. The maximum atomic E-state index is 13.2. The molecule has 2 aromatic carbocycles. The van der Waals surface area contributed by atoms with Gasteiger partial charge in [-0.15, -0.1) is 0 Å². The smallest absolute Gasteiger partial charge is 0.249 e. The first kappa shape index (κ1) is 26.1. The van der Waals surface area contributed by atoms with Crippen molar-refractivity contribution in [3.63, 3.8) is 0 Å². The van der Waals surface area contributed by atoms with E-state index < -0.39 is 29.3 Å². The van der Waals surface area contributed by atoms with Gasteiger partial charge in [0.05, 0.1) is 37.2 Å². The molecule has 0 bridgehead atoms. The highest BCUT2D eigenvalue weighted by Gasteiger charge is 2.16. The van der Waals surface area contributed by atoms with Crippen LogP contribution in [-0.2, 0) is 22.9 Å². The van der Waals surface area contributed by atoms with Gasteiger partial charge < -0.3 is 16.4 Å². The number of nitrogens with two attached hydrogens (primary N) is 1. The number of carbonyl (C=O) groups excluding carboxylic acids is 1. The topological polar surface area (TPSA) is 139 Å². The molecule has 0 saturated heterocycles. The zero-order valence-electron chi connectivity index (χ0n) is 18.6. The van der Waals surface area contributed by atoms with Gasteiger partial charge in [-0.25, -0.2) is 13.4 Å². The molecule has 0 aliphatic carbocycles. The lowest BCUT2D eigenvalue weighted by molar-refractivity contribution is 0.0999. The Bertz CT molecular complexity index is 1340. The Morgan fingerprint density at radius 2 is 1.69 bits per heavy atom. The summed E-state index contributed by atoms with van der Waals surface area (Å²) in [6.07, 6.45) is 2.30. The van der Waals surface area contributed by atoms with Gasteiger partial charge >= 0.3 is 0 Å². The second kappa shape index (κ2) is 11.3. The molecule has 35 heavy (non-hydrogen) atoms. The largest absolute Gasteiger partial charge is 0.366 e. The van der Waals surface area contributed by atoms with Crippen molar-refractivity contribution in [2.75, 3.05) is 35.0 Å². The van der Waals surface area contributed by atoms with E-state index in [0.29, 0.717) is 22.5 Å². The zero-order chi connectivity index (χ0) is 25.6. The van der Waals surface area contributed by atoms with Gasteiger partial charge in [-0.2, -0.15) is 4.98 Å². The number of hydrogen-bond acceptors (Lipinski definition) is 7. The number of rotatable bonds is 11. The van der Waals surface area contributed by atoms with Crippen molar-refractivity contribution in [2.24, 2.45) is 5.73 Å². The van der Waals surface area contributed by atoms with Gasteiger partial charge in [-0.3, -0.25) is 18.3 Å². The molecule has 0 atom stereocenters. The molecule has 1 amide bonds. The highest BCUT2D eigenvalue weighted by Crippen LogP contribution is 2.31. The van der Waals surface area contributed by atoms with E-state index in [-0.39, 0.29) is 40.9 Å². The van der Waals surface area contributed by atoms with Crippen LogP contribution in [0.5, 0.6) is 0 Å². The number of anilines is 5. The van der Waals surface area contributed by atoms with E-state index in [0.717, 1.165) is 6.26 Å². The molecule has 9 nitrogen and oxygen atoms in total. The third kappa shape index (κ3) is 6.99. The number of nitrogens with zero attached hydrogens (tertiary/aromatic N) is 2. The molecule has 186 valence electrons. The van der Waals surface area contributed by atoms with Crippen LogP contribution in [0.25, 0.3) is 0 Å². The molecular weight excluding hydrogens is 502 g/mol. The van der Waals surface area contributed by atoms with Crippen LogP contribution >= 0.6 is 11.6 Å². The summed E-state index contributed by atoms with van der Waals surface area (Å²) in [5.74, 6) is -0.542. The van der Waals surface area contributed by atoms with E-state index in [1.807, 2.05) is 0 Å². The van der Waals surface area contributed by atoms with Crippen LogP contribution in [0.1, 0.15) is 21.5 Å². The van der Waals surface area contributed by atoms with Crippen molar-refractivity contribution in [1.82, 2.24) is 9.97 Å². The van der Waals surface area contributed by atoms with E-state index >= 15 is 0 Å². The molecule has 1 aromatic heterocycles. The maximum absolute atomic E-state index is 13.2. The highest BCUT2D eigenvalue weighted by atomic mass is 35.5. The number of para-hydroxylation sites is 2. The monoisotopic (exact) mass is 524 g/mol. The number of primary amides is 1. The minimum atomic E-state index is -3.54. The molecule has 0 aliphatic heterocycles. The lowest BCUT2D eigenvalue weighted by atomic mass is 9.98. The van der Waals surface area contributed by atoms with E-state index in [1.54, 1.807) is 24.3 Å². The van der Waals surface area contributed by atoms with Crippen LogP contribution in [0.3, 0.4) is 0 Å². The fourth-order valence-electron chi connectivity index (χ4n) is 3.30. The zero-order valence-corrected chi connectivity index (χ0v) is 20.2. The molecule has 0 aliphatic rings. The third-order valence-corrected chi connectivity index (χ3v) is 5.66. The van der Waals surface area contributed by atoms with Crippen molar-refractivity contribution < 1.29 is 22.0 Å². The summed E-state index contributed by atoms with van der Waals surface area (Å²) in [6, 6.07) is 9.48. The first-order valence-corrected chi connectivity index (χ1v) is 12.6. The first-order chi connectivity index (χ1) is 16.6. The summed E-state index contributed by atoms with van der Waals surface area (Å²) in [5, 5.41) is 6.03. The summed E-state index contributed by atoms with van der Waals surface area (Å²) in [6.45, 7) is -1.38. The minimum Gasteiger partial charge on any atom is -0.366 e. The van der Waals surface area contributed by atoms with Gasteiger partial charge in [0.2, 0.25) is 21.9 Å². The molecular formula is C22H23ClF2N6O3S. The fourth-order valence-corrected chi connectivity index (χ4v) is 4.02. The summed E-state index contributed by atoms with van der Waals surface area (Å²) >= 11 is 6.24. The van der Waals surface area contributed by atoms with Gasteiger partial charge in [0.15, 0.2) is 5.82 Å². The molecule has 0 fully saturated rings. The lowest BCUT2D eigenvalue weighted by Crippen LogP contribution is -2.16. The number of aryl methyl sites for hydroxylation is 2. The summed E-state index contributed by atoms with van der Waals surface area (Å²) < 4.78 is 51.9. The molecule has 0 radical (unpaired) electrons. The van der Waals surface area contributed by atoms with Crippen LogP contribution in [0.2, 0.25) is 5.02 Å². The number of hydrogen-bond donors (Lipinski definition) is 4. The van der Waals surface area contributed by atoms with E-state index in [1.165, 1.54) is 18.3 Å². The molecule has 0 spiro atoms. The number of amides is 1. The van der Waals surface area contributed by atoms with Crippen LogP contribution in [-0.4, -0.2) is 43.9 Å². The highest BCUT2D eigenvalue weighted by molar-refractivity contribution is 7.92. The van der Waals surface area contributed by atoms with Crippen molar-refractivity contribution >= 4 is 56.4 Å². The fraction of sp³-hybridized carbons (Fsp3) is 0.227. The van der Waals surface area contributed by atoms with Crippen LogP contribution in [0.4, 0.5) is 37.6 Å². The van der Waals surface area contributed by atoms with Crippen LogP contribution < -0.4 is 21.1 Å². The second-order valence-electron chi connectivity index (χ2n) is 7.47. The Hall–Kier alpha value is -3.51. The van der Waals surface area contributed by atoms with Crippen LogP contribution in [0, 0.1) is 0 Å². The number of nitrogens with one attached hydrogen (secondary N) is 3. The van der Waals surface area contributed by atoms with Gasteiger partial charge in [-0.05, 0) is 29.3 Å². The predicted molar refractivity (Wildman–Crippen MR) is 133 cm³/mol. The van der Waals surface area contributed by atoms with Crippen LogP contribution in [0.15, 0.2) is 42.6 Å². The number of benzene rings is 2. The van der Waals surface area contributed by atoms with Gasteiger partial charge in [0.25, 0.3) is 0 Å². The standard InChI is InChI=1S/C22H23ClF2N6O3S/c1-35(33,34)31-18-5-3-2-4-17(18)28-21-16(23)12-27-22(30-21)29-19-11-15(20(26)32)13(6-8-24)10-14(19)7-9-25/h2-5,10-12,31H,6-9H2,1H3,(H2,26,32)(H2,27,28,29,30). The van der Waals surface area contributed by atoms with Crippen molar-refractivity contribution in [3.05, 3.63) is 64.3 Å². The molecule has 0 saturated carbocycles. The average molecular weight is 525 g/mol. The lowest BCUT2D eigenvalue weighted by Gasteiger charge is -2.16. The maximum Gasteiger partial charge on any atom is 0.249 e. The van der Waals surface area contributed by atoms with Gasteiger partial charge in [0.1, 0.15) is 5.02 Å². The normalized spacial score (nSPS) is 11.2. The number of alkyl halides is 2. The van der Waals surface area contributed by atoms with Crippen molar-refractivity contribution in [1.29, 1.82) is 0 Å². The SMILES string of the molecule is CS(=O)(=O)Nc1ccccc1Nc1nc(Nc2cc(C(N)=O)c(CCF)cc2CCF)ncc1Cl. The summed E-state index contributed by atoms with van der Waals surface area (Å²) in [5.41, 5.74) is 7.39. The van der Waals surface area contributed by atoms with Gasteiger partial charge in [-0.1, -0.05) is 29.8 Å². The summed E-state index contributed by atoms with van der Waals surface area (Å²) in [7, 11) is -3.54. The van der Waals surface area contributed by atoms with Crippen molar-refractivity contribution in [3.8, 4) is 0 Å². The number of carbonyl (C=O) groups is 1. The van der Waals surface area contributed by atoms with E-state index in [4.69, 9.17) is 17.3 Å². The first-order valence-electron chi connectivity index (χ1n) is 10.3. The quantitative estimate of drug-likeness (QED) is 0.296. The molecule has 5 N–H and O–H groups in total. The minimum absolute atomic E-state index is 0.00386. The van der Waals surface area contributed by atoms with Gasteiger partial charge in [0, 0.05) is 24.1 Å². The second-order valence-corrected chi connectivity index (χ2v) is 9.62. The Morgan fingerprint density at radius 1 is 1.03 bits per heavy atom. The van der Waals surface area contributed by atoms with E-state index in [2.05, 4.69) is 25.3 Å². The molecule has 13 heteroatoms. The Labute approximate surface area is 206 Å². The average Bonchev–Trinajstić information content (AvgIpc) is 2.78. The molecule has 1 heterocycles. The Kier molecular flexibility index (Phi) is 8.41. The Morgan fingerprint density at radius 3 is 2.31 bits per heavy atom. The van der Waals surface area contributed by atoms with Crippen molar-refractivity contribution in [2.45, 2.75) is 12.8 Å². The number of halogens is 3.